The van der Waals surface area contributed by atoms with Gasteiger partial charge < -0.3 is 5.11 Å². The van der Waals surface area contributed by atoms with Gasteiger partial charge in [0.2, 0.25) is 0 Å². The summed E-state index contributed by atoms with van der Waals surface area (Å²) < 4.78 is 0. The van der Waals surface area contributed by atoms with Crippen LogP contribution in [0.25, 0.3) is 0 Å². The third kappa shape index (κ3) is 2.09. The lowest BCUT2D eigenvalue weighted by Crippen LogP contribution is -2.46. The highest BCUT2D eigenvalue weighted by molar-refractivity contribution is 5.37. The Labute approximate surface area is 124 Å². The van der Waals surface area contributed by atoms with Gasteiger partial charge in [-0.15, -0.1) is 0 Å². The van der Waals surface area contributed by atoms with Crippen LogP contribution < -0.4 is 0 Å². The number of allylic oxidation sites excluding steroid dienone is 3. The fourth-order valence-electron chi connectivity index (χ4n) is 5.51. The van der Waals surface area contributed by atoms with Gasteiger partial charge in [0, 0.05) is 0 Å². The second-order valence-corrected chi connectivity index (χ2v) is 8.27. The third-order valence-corrected chi connectivity index (χ3v) is 6.60. The van der Waals surface area contributed by atoms with Crippen LogP contribution in [0.5, 0.6) is 0 Å². The average molecular weight is 274 g/mol. The van der Waals surface area contributed by atoms with Gasteiger partial charge in [-0.1, -0.05) is 44.4 Å². The molecule has 0 aromatic heterocycles. The molecule has 0 aromatic rings. The molecule has 1 saturated carbocycles. The van der Waals surface area contributed by atoms with Crippen molar-refractivity contribution in [1.29, 1.82) is 0 Å². The lowest BCUT2D eigenvalue weighted by Gasteiger charge is -2.56. The first kappa shape index (κ1) is 14.4. The van der Waals surface area contributed by atoms with Crippen LogP contribution in [-0.4, -0.2) is 11.2 Å². The van der Waals surface area contributed by atoms with E-state index in [9.17, 15) is 5.11 Å². The van der Waals surface area contributed by atoms with Gasteiger partial charge in [-0.3, -0.25) is 0 Å². The monoisotopic (exact) mass is 274 g/mol. The quantitative estimate of drug-likeness (QED) is 0.666. The van der Waals surface area contributed by atoms with Gasteiger partial charge >= 0.3 is 0 Å². The number of hydrogen-bond donors (Lipinski definition) is 1. The molecular formula is C19H30O. The fourth-order valence-corrected chi connectivity index (χ4v) is 5.51. The van der Waals surface area contributed by atoms with Crippen molar-refractivity contribution in [2.75, 3.05) is 0 Å². The van der Waals surface area contributed by atoms with Crippen LogP contribution in [0.3, 0.4) is 0 Å². The minimum atomic E-state index is -0.266. The van der Waals surface area contributed by atoms with Crippen molar-refractivity contribution in [3.8, 4) is 0 Å². The molecule has 3 atom stereocenters. The number of fused-ring (bicyclic) bond motifs is 2. The van der Waals surface area contributed by atoms with E-state index >= 15 is 0 Å². The predicted octanol–water partition coefficient (Wildman–Crippen LogP) is 5.01. The van der Waals surface area contributed by atoms with Gasteiger partial charge in [0.15, 0.2) is 0 Å². The van der Waals surface area contributed by atoms with E-state index in [1.165, 1.54) is 37.7 Å². The Kier molecular flexibility index (Phi) is 3.40. The molecular weight excluding hydrogens is 244 g/mol. The van der Waals surface area contributed by atoms with E-state index in [1.807, 2.05) is 6.92 Å². The van der Waals surface area contributed by atoms with Gasteiger partial charge in [0.05, 0.1) is 6.10 Å². The summed E-state index contributed by atoms with van der Waals surface area (Å²) in [5, 5.41) is 9.86. The zero-order chi connectivity index (χ0) is 14.5. The molecule has 0 aliphatic heterocycles. The zero-order valence-electron chi connectivity index (χ0n) is 13.6. The first-order chi connectivity index (χ1) is 9.34. The van der Waals surface area contributed by atoms with Gasteiger partial charge in [-0.25, -0.2) is 0 Å². The third-order valence-electron chi connectivity index (χ3n) is 6.60. The first-order valence-electron chi connectivity index (χ1n) is 8.43. The molecule has 1 heteroatoms. The SMILES string of the molecule is CC(O)C1=CCC2=C(CCC3C(C)(C)CCC[C@]23C)C1. The minimum absolute atomic E-state index is 0.266. The van der Waals surface area contributed by atoms with Crippen LogP contribution in [-0.2, 0) is 0 Å². The summed E-state index contributed by atoms with van der Waals surface area (Å²) in [4.78, 5) is 0. The lowest BCUT2D eigenvalue weighted by atomic mass is 9.49. The second-order valence-electron chi connectivity index (χ2n) is 8.27. The molecule has 20 heavy (non-hydrogen) atoms. The van der Waals surface area contributed by atoms with Gasteiger partial charge in [0.25, 0.3) is 0 Å². The van der Waals surface area contributed by atoms with E-state index in [1.54, 1.807) is 11.1 Å². The highest BCUT2D eigenvalue weighted by Gasteiger charge is 2.50. The second kappa shape index (κ2) is 4.73. The van der Waals surface area contributed by atoms with Crippen molar-refractivity contribution in [1.82, 2.24) is 0 Å². The van der Waals surface area contributed by atoms with Gasteiger partial charge in [-0.05, 0) is 67.8 Å². The van der Waals surface area contributed by atoms with E-state index < -0.39 is 0 Å². The highest BCUT2D eigenvalue weighted by atomic mass is 16.3. The van der Waals surface area contributed by atoms with Crippen molar-refractivity contribution in [2.24, 2.45) is 16.7 Å². The maximum absolute atomic E-state index is 9.86. The molecule has 2 unspecified atom stereocenters. The van der Waals surface area contributed by atoms with E-state index in [4.69, 9.17) is 0 Å². The van der Waals surface area contributed by atoms with E-state index in [0.717, 1.165) is 18.8 Å². The molecule has 112 valence electrons. The van der Waals surface area contributed by atoms with Crippen LogP contribution in [0.2, 0.25) is 0 Å². The molecule has 0 bridgehead atoms. The summed E-state index contributed by atoms with van der Waals surface area (Å²) in [6.45, 7) is 9.42. The Hall–Kier alpha value is -0.560. The molecule has 0 amide bonds. The Morgan fingerprint density at radius 3 is 2.70 bits per heavy atom. The molecule has 1 fully saturated rings. The lowest BCUT2D eigenvalue weighted by molar-refractivity contribution is 0.0104. The van der Waals surface area contributed by atoms with Crippen LogP contribution in [0, 0.1) is 16.7 Å². The molecule has 1 N–H and O–H groups in total. The van der Waals surface area contributed by atoms with E-state index in [2.05, 4.69) is 26.8 Å². The molecule has 0 aromatic carbocycles. The van der Waals surface area contributed by atoms with Crippen molar-refractivity contribution >= 4 is 0 Å². The Bertz CT molecular complexity index is 466. The number of hydrogen-bond acceptors (Lipinski definition) is 1. The van der Waals surface area contributed by atoms with Gasteiger partial charge in [-0.2, -0.15) is 0 Å². The molecule has 0 spiro atoms. The predicted molar refractivity (Wildman–Crippen MR) is 84.5 cm³/mol. The van der Waals surface area contributed by atoms with Gasteiger partial charge in [0.1, 0.15) is 0 Å². The van der Waals surface area contributed by atoms with Crippen molar-refractivity contribution in [2.45, 2.75) is 78.7 Å². The topological polar surface area (TPSA) is 20.2 Å². The molecule has 0 heterocycles. The maximum Gasteiger partial charge on any atom is 0.0725 e. The zero-order valence-corrected chi connectivity index (χ0v) is 13.6. The summed E-state index contributed by atoms with van der Waals surface area (Å²) >= 11 is 0. The molecule has 3 aliphatic carbocycles. The first-order valence-corrected chi connectivity index (χ1v) is 8.43. The number of aliphatic hydroxyl groups is 1. The Balaban J connectivity index is 1.93. The molecule has 0 radical (unpaired) electrons. The van der Waals surface area contributed by atoms with Crippen molar-refractivity contribution < 1.29 is 5.11 Å². The van der Waals surface area contributed by atoms with Crippen LogP contribution in [0.15, 0.2) is 22.8 Å². The van der Waals surface area contributed by atoms with Crippen LogP contribution >= 0.6 is 0 Å². The van der Waals surface area contributed by atoms with E-state index in [0.29, 0.717) is 10.8 Å². The minimum Gasteiger partial charge on any atom is -0.389 e. The Morgan fingerprint density at radius 1 is 1.25 bits per heavy atom. The summed E-state index contributed by atoms with van der Waals surface area (Å²) in [5.74, 6) is 0.851. The average Bonchev–Trinajstić information content (AvgIpc) is 2.37. The summed E-state index contributed by atoms with van der Waals surface area (Å²) in [7, 11) is 0. The van der Waals surface area contributed by atoms with Crippen molar-refractivity contribution in [3.63, 3.8) is 0 Å². The molecule has 3 rings (SSSR count). The smallest absolute Gasteiger partial charge is 0.0725 e. The normalized spacial score (nSPS) is 37.9. The maximum atomic E-state index is 9.86. The van der Waals surface area contributed by atoms with Crippen LogP contribution in [0.4, 0.5) is 0 Å². The fraction of sp³-hybridized carbons (Fsp3) is 0.789. The largest absolute Gasteiger partial charge is 0.389 e. The Morgan fingerprint density at radius 2 is 2.00 bits per heavy atom. The summed E-state index contributed by atoms with van der Waals surface area (Å²) in [6, 6.07) is 0. The summed E-state index contributed by atoms with van der Waals surface area (Å²) in [6.07, 6.45) is 11.0. The highest BCUT2D eigenvalue weighted by Crippen LogP contribution is 2.61. The van der Waals surface area contributed by atoms with E-state index in [-0.39, 0.29) is 6.10 Å². The van der Waals surface area contributed by atoms with Crippen molar-refractivity contribution in [3.05, 3.63) is 22.8 Å². The summed E-state index contributed by atoms with van der Waals surface area (Å²) in [5.41, 5.74) is 5.59. The molecule has 0 saturated heterocycles. The number of rotatable bonds is 1. The number of aliphatic hydroxyl groups excluding tert-OH is 1. The van der Waals surface area contributed by atoms with Crippen LogP contribution in [0.1, 0.15) is 72.6 Å². The molecule has 3 aliphatic rings. The molecule has 1 nitrogen and oxygen atoms in total. The standard InChI is InChI=1S/C19H30O/c1-13(20)14-6-8-16-15(12-14)7-9-17-18(2,3)10-5-11-19(16,17)4/h6,13,17,20H,5,7-12H2,1-4H3/t13?,17?,19-/m1/s1.